The van der Waals surface area contributed by atoms with Crippen molar-refractivity contribution in [2.24, 2.45) is 5.73 Å². The van der Waals surface area contributed by atoms with Crippen molar-refractivity contribution in [3.63, 3.8) is 0 Å². The number of H-pyrrole nitrogens is 1. The second-order valence-electron chi connectivity index (χ2n) is 8.89. The number of aromatic amines is 1. The molecule has 3 aromatic heterocycles. The van der Waals surface area contributed by atoms with Gasteiger partial charge in [-0.1, -0.05) is 17.3 Å². The Hall–Kier alpha value is -5.41. The van der Waals surface area contributed by atoms with Gasteiger partial charge < -0.3 is 11.1 Å². The van der Waals surface area contributed by atoms with Crippen molar-refractivity contribution >= 4 is 27.8 Å². The van der Waals surface area contributed by atoms with E-state index in [2.05, 4.69) is 37.0 Å². The Bertz CT molecular complexity index is 1880. The molecule has 12 heteroatoms. The summed E-state index contributed by atoms with van der Waals surface area (Å²) in [5.41, 5.74) is 10.9. The van der Waals surface area contributed by atoms with E-state index in [1.807, 2.05) is 42.5 Å². The van der Waals surface area contributed by atoms with Gasteiger partial charge in [0, 0.05) is 17.1 Å². The Morgan fingerprint density at radius 2 is 1.97 bits per heavy atom. The topological polar surface area (TPSA) is 156 Å². The zero-order valence-corrected chi connectivity index (χ0v) is 20.5. The number of amides is 1. The number of hydrogen-bond acceptors (Lipinski definition) is 7. The van der Waals surface area contributed by atoms with Gasteiger partial charge in [0.2, 0.25) is 5.91 Å². The van der Waals surface area contributed by atoms with Gasteiger partial charge in [0.05, 0.1) is 59.4 Å². The SMILES string of the molecule is N#Cc1ccc(Cn2nccc2-c2cc(F)c3nnn(-c4ccc5c(CNC(=O)CN)n[nH]c5c4)c3c2)cc1. The van der Waals surface area contributed by atoms with Crippen LogP contribution >= 0.6 is 0 Å². The number of hydrogen-bond donors (Lipinski definition) is 3. The standard InChI is InChI=1S/C27H21FN10O/c28-21-9-18(24-7-8-32-37(24)15-17-3-1-16(12-29)2-4-17)10-25-27(21)35-36-38(25)19-5-6-20-22(11-19)33-34-23(20)14-31-26(39)13-30/h1-11H,13-15,30H2,(H,31,39)(H,33,34). The van der Waals surface area contributed by atoms with Crippen LogP contribution in [0.5, 0.6) is 0 Å². The Morgan fingerprint density at radius 1 is 1.13 bits per heavy atom. The molecule has 0 saturated carbocycles. The third-order valence-corrected chi connectivity index (χ3v) is 6.44. The van der Waals surface area contributed by atoms with E-state index in [4.69, 9.17) is 11.0 Å². The molecule has 0 bridgehead atoms. The largest absolute Gasteiger partial charge is 0.349 e. The molecule has 0 radical (unpaired) electrons. The van der Waals surface area contributed by atoms with Crippen LogP contribution in [0.1, 0.15) is 16.8 Å². The van der Waals surface area contributed by atoms with Gasteiger partial charge in [-0.2, -0.15) is 15.5 Å². The van der Waals surface area contributed by atoms with Crippen LogP contribution in [0.2, 0.25) is 0 Å². The second kappa shape index (κ2) is 9.81. The summed E-state index contributed by atoms with van der Waals surface area (Å²) in [6.45, 7) is 0.600. The quantitative estimate of drug-likeness (QED) is 0.292. The van der Waals surface area contributed by atoms with Crippen LogP contribution in [-0.2, 0) is 17.9 Å². The number of nitrogens with zero attached hydrogens (tertiary/aromatic N) is 7. The van der Waals surface area contributed by atoms with Crippen LogP contribution in [0.25, 0.3) is 38.9 Å². The minimum absolute atomic E-state index is 0.0966. The molecule has 6 rings (SSSR count). The van der Waals surface area contributed by atoms with Gasteiger partial charge in [0.1, 0.15) is 5.52 Å². The summed E-state index contributed by atoms with van der Waals surface area (Å²) >= 11 is 0. The number of benzene rings is 3. The van der Waals surface area contributed by atoms with Crippen molar-refractivity contribution < 1.29 is 9.18 Å². The lowest BCUT2D eigenvalue weighted by atomic mass is 10.1. The van der Waals surface area contributed by atoms with Gasteiger partial charge in [-0.25, -0.2) is 9.07 Å². The van der Waals surface area contributed by atoms with E-state index in [0.717, 1.165) is 22.2 Å². The number of nitrogens with one attached hydrogen (secondary N) is 2. The summed E-state index contributed by atoms with van der Waals surface area (Å²) in [6, 6.07) is 20.0. The molecular formula is C27H21FN10O. The molecule has 0 aliphatic rings. The summed E-state index contributed by atoms with van der Waals surface area (Å²) < 4.78 is 18.6. The third kappa shape index (κ3) is 4.47. The van der Waals surface area contributed by atoms with Crippen molar-refractivity contribution in [1.82, 2.24) is 40.3 Å². The molecule has 0 aliphatic heterocycles. The summed E-state index contributed by atoms with van der Waals surface area (Å²) in [5, 5.41) is 32.5. The lowest BCUT2D eigenvalue weighted by molar-refractivity contribution is -0.119. The highest BCUT2D eigenvalue weighted by atomic mass is 19.1. The Morgan fingerprint density at radius 3 is 2.77 bits per heavy atom. The molecule has 0 saturated heterocycles. The number of fused-ring (bicyclic) bond motifs is 2. The van der Waals surface area contributed by atoms with Crippen LogP contribution in [0.15, 0.2) is 66.9 Å². The molecule has 192 valence electrons. The van der Waals surface area contributed by atoms with Gasteiger partial charge >= 0.3 is 0 Å². The smallest absolute Gasteiger partial charge is 0.234 e. The summed E-state index contributed by atoms with van der Waals surface area (Å²) in [7, 11) is 0. The second-order valence-corrected chi connectivity index (χ2v) is 8.89. The predicted molar refractivity (Wildman–Crippen MR) is 141 cm³/mol. The first-order valence-electron chi connectivity index (χ1n) is 12.0. The lowest BCUT2D eigenvalue weighted by Crippen LogP contribution is -2.29. The van der Waals surface area contributed by atoms with Crippen molar-refractivity contribution in [3.05, 3.63) is 89.5 Å². The molecule has 0 unspecified atom stereocenters. The van der Waals surface area contributed by atoms with Gasteiger partial charge in [0.15, 0.2) is 5.82 Å². The van der Waals surface area contributed by atoms with Gasteiger partial charge in [0.25, 0.3) is 0 Å². The number of nitriles is 1. The minimum Gasteiger partial charge on any atom is -0.349 e. The maximum absolute atomic E-state index is 15.2. The van der Waals surface area contributed by atoms with Crippen LogP contribution in [0.3, 0.4) is 0 Å². The molecule has 11 nitrogen and oxygen atoms in total. The van der Waals surface area contributed by atoms with E-state index >= 15 is 4.39 Å². The Kier molecular flexibility index (Phi) is 6.02. The summed E-state index contributed by atoms with van der Waals surface area (Å²) in [6.07, 6.45) is 1.66. The first-order chi connectivity index (χ1) is 19.0. The number of aromatic nitrogens is 7. The number of carbonyl (C=O) groups is 1. The number of nitrogens with two attached hydrogens (primary N) is 1. The minimum atomic E-state index is -0.500. The average Bonchev–Trinajstić information content (AvgIpc) is 3.70. The molecule has 6 aromatic rings. The van der Waals surface area contributed by atoms with Crippen molar-refractivity contribution in [2.75, 3.05) is 6.54 Å². The van der Waals surface area contributed by atoms with Gasteiger partial charge in [-0.15, -0.1) is 5.10 Å². The highest BCUT2D eigenvalue weighted by Gasteiger charge is 2.17. The van der Waals surface area contributed by atoms with Crippen LogP contribution in [-0.4, -0.2) is 47.4 Å². The normalized spacial score (nSPS) is 11.2. The fourth-order valence-corrected chi connectivity index (χ4v) is 4.47. The predicted octanol–water partition coefficient (Wildman–Crippen LogP) is 2.79. The number of carbonyl (C=O) groups excluding carboxylic acids is 1. The summed E-state index contributed by atoms with van der Waals surface area (Å²) in [4.78, 5) is 11.5. The van der Waals surface area contributed by atoms with E-state index in [1.165, 1.54) is 6.07 Å². The van der Waals surface area contributed by atoms with E-state index in [9.17, 15) is 4.79 Å². The Balaban J connectivity index is 1.35. The zero-order chi connectivity index (χ0) is 26.9. The Labute approximate surface area is 220 Å². The third-order valence-electron chi connectivity index (χ3n) is 6.44. The van der Waals surface area contributed by atoms with Crippen LogP contribution in [0.4, 0.5) is 4.39 Å². The molecule has 1 amide bonds. The molecular weight excluding hydrogens is 499 g/mol. The fourth-order valence-electron chi connectivity index (χ4n) is 4.47. The average molecular weight is 521 g/mol. The molecule has 39 heavy (non-hydrogen) atoms. The number of rotatable bonds is 7. The van der Waals surface area contributed by atoms with Crippen LogP contribution in [0, 0.1) is 17.1 Å². The highest BCUT2D eigenvalue weighted by molar-refractivity contribution is 5.86. The maximum atomic E-state index is 15.2. The lowest BCUT2D eigenvalue weighted by Gasteiger charge is -2.09. The number of halogens is 1. The monoisotopic (exact) mass is 520 g/mol. The molecule has 0 aliphatic carbocycles. The van der Waals surface area contributed by atoms with E-state index in [0.29, 0.717) is 34.6 Å². The molecule has 3 aromatic carbocycles. The zero-order valence-electron chi connectivity index (χ0n) is 20.5. The molecule has 0 fully saturated rings. The van der Waals surface area contributed by atoms with Gasteiger partial charge in [-0.05, 0) is 54.1 Å². The fraction of sp³-hybridized carbons (Fsp3) is 0.111. The maximum Gasteiger partial charge on any atom is 0.234 e. The molecule has 4 N–H and O–H groups in total. The van der Waals surface area contributed by atoms with Crippen LogP contribution < -0.4 is 11.1 Å². The first kappa shape index (κ1) is 24.0. The van der Waals surface area contributed by atoms with Crippen molar-refractivity contribution in [2.45, 2.75) is 13.1 Å². The van der Waals surface area contributed by atoms with E-state index in [1.54, 1.807) is 27.7 Å². The van der Waals surface area contributed by atoms with E-state index < -0.39 is 5.82 Å². The summed E-state index contributed by atoms with van der Waals surface area (Å²) in [5.74, 6) is -0.770. The highest BCUT2D eigenvalue weighted by Crippen LogP contribution is 2.29. The molecule has 0 atom stereocenters. The van der Waals surface area contributed by atoms with Gasteiger partial charge in [-0.3, -0.25) is 14.6 Å². The molecule has 0 spiro atoms. The first-order valence-corrected chi connectivity index (χ1v) is 12.0. The van der Waals surface area contributed by atoms with Crippen molar-refractivity contribution in [1.29, 1.82) is 5.26 Å². The molecule has 3 heterocycles. The van der Waals surface area contributed by atoms with E-state index in [-0.39, 0.29) is 24.5 Å². The van der Waals surface area contributed by atoms with Crippen molar-refractivity contribution in [3.8, 4) is 23.0 Å².